The Morgan fingerprint density at radius 2 is 2.17 bits per heavy atom. The van der Waals surface area contributed by atoms with Crippen LogP contribution in [0.15, 0.2) is 42.7 Å². The highest BCUT2D eigenvalue weighted by atomic mass is 16.2. The molecule has 6 heteroatoms. The molecule has 1 aliphatic heterocycles. The summed E-state index contributed by atoms with van der Waals surface area (Å²) in [6, 6.07) is 9.98. The summed E-state index contributed by atoms with van der Waals surface area (Å²) in [6.45, 7) is 2.19. The van der Waals surface area contributed by atoms with Crippen molar-refractivity contribution >= 4 is 16.8 Å². The molecular weight excluding hydrogens is 290 g/mol. The van der Waals surface area contributed by atoms with Gasteiger partial charge in [-0.3, -0.25) is 9.69 Å². The van der Waals surface area contributed by atoms with E-state index in [4.69, 9.17) is 0 Å². The Labute approximate surface area is 134 Å². The Bertz CT molecular complexity index is 790. The zero-order valence-electron chi connectivity index (χ0n) is 13.0. The zero-order chi connectivity index (χ0) is 15.8. The van der Waals surface area contributed by atoms with E-state index in [1.165, 1.54) is 0 Å². The van der Waals surface area contributed by atoms with E-state index in [0.29, 0.717) is 12.2 Å². The van der Waals surface area contributed by atoms with Crippen LogP contribution in [-0.2, 0) is 0 Å². The van der Waals surface area contributed by atoms with Crippen molar-refractivity contribution in [3.05, 3.63) is 54.2 Å². The monoisotopic (exact) mass is 309 g/mol. The second-order valence-corrected chi connectivity index (χ2v) is 5.99. The number of carbonyl (C=O) groups is 1. The third-order valence-electron chi connectivity index (χ3n) is 4.53. The number of carbonyl (C=O) groups excluding carboxylic acids is 1. The normalized spacial score (nSPS) is 19.3. The molecule has 2 N–H and O–H groups in total. The lowest BCUT2D eigenvalue weighted by Crippen LogP contribution is -2.49. The van der Waals surface area contributed by atoms with Gasteiger partial charge in [-0.05, 0) is 19.2 Å². The summed E-state index contributed by atoms with van der Waals surface area (Å²) in [5, 5.41) is 1.06. The second kappa shape index (κ2) is 5.55. The summed E-state index contributed by atoms with van der Waals surface area (Å²) in [5.74, 6) is 0.951. The number of aromatic nitrogens is 3. The average Bonchev–Trinajstić information content (AvgIpc) is 3.24. The van der Waals surface area contributed by atoms with Crippen LogP contribution in [0.5, 0.6) is 0 Å². The first-order valence-corrected chi connectivity index (χ1v) is 7.79. The number of hydrogen-bond donors (Lipinski definition) is 2. The van der Waals surface area contributed by atoms with Gasteiger partial charge in [0.05, 0.1) is 6.04 Å². The molecule has 23 heavy (non-hydrogen) atoms. The topological polar surface area (TPSA) is 68.0 Å². The molecule has 3 heterocycles. The van der Waals surface area contributed by atoms with E-state index in [9.17, 15) is 4.79 Å². The molecule has 2 aromatic heterocycles. The number of hydrogen-bond acceptors (Lipinski definition) is 3. The summed E-state index contributed by atoms with van der Waals surface area (Å²) in [4.78, 5) is 27.7. The van der Waals surface area contributed by atoms with Crippen LogP contribution < -0.4 is 0 Å². The minimum absolute atomic E-state index is 0.0471. The zero-order valence-corrected chi connectivity index (χ0v) is 13.0. The van der Waals surface area contributed by atoms with Gasteiger partial charge in [-0.1, -0.05) is 18.2 Å². The highest BCUT2D eigenvalue weighted by Gasteiger charge is 2.30. The van der Waals surface area contributed by atoms with Gasteiger partial charge in [0, 0.05) is 42.9 Å². The van der Waals surface area contributed by atoms with Crippen molar-refractivity contribution in [3.8, 4) is 0 Å². The van der Waals surface area contributed by atoms with Gasteiger partial charge < -0.3 is 14.9 Å². The van der Waals surface area contributed by atoms with Crippen LogP contribution in [0.25, 0.3) is 10.9 Å². The molecule has 1 aromatic carbocycles. The molecule has 1 atom stereocenters. The Balaban J connectivity index is 1.58. The first-order chi connectivity index (χ1) is 11.2. The minimum Gasteiger partial charge on any atom is -0.351 e. The Morgan fingerprint density at radius 1 is 1.30 bits per heavy atom. The Kier molecular flexibility index (Phi) is 3.38. The van der Waals surface area contributed by atoms with Crippen LogP contribution in [-0.4, -0.2) is 57.3 Å². The Morgan fingerprint density at radius 3 is 2.96 bits per heavy atom. The number of nitrogens with one attached hydrogen (secondary N) is 2. The maximum atomic E-state index is 12.8. The molecule has 1 fully saturated rings. The highest BCUT2D eigenvalue weighted by Crippen LogP contribution is 2.23. The molecule has 1 aliphatic rings. The number of likely N-dealkylation sites (N-methyl/N-ethyl adjacent to an activating group) is 1. The van der Waals surface area contributed by atoms with Crippen molar-refractivity contribution in [1.82, 2.24) is 24.8 Å². The number of para-hydroxylation sites is 1. The van der Waals surface area contributed by atoms with E-state index < -0.39 is 0 Å². The highest BCUT2D eigenvalue weighted by molar-refractivity contribution is 5.98. The summed E-state index contributed by atoms with van der Waals surface area (Å²) in [5.41, 5.74) is 1.64. The largest absolute Gasteiger partial charge is 0.351 e. The number of fused-ring (bicyclic) bond motifs is 1. The third kappa shape index (κ3) is 2.51. The molecule has 0 aliphatic carbocycles. The van der Waals surface area contributed by atoms with Gasteiger partial charge in [-0.25, -0.2) is 4.98 Å². The van der Waals surface area contributed by atoms with E-state index in [0.717, 1.165) is 29.8 Å². The van der Waals surface area contributed by atoms with Gasteiger partial charge in [0.25, 0.3) is 5.91 Å². The van der Waals surface area contributed by atoms with Crippen molar-refractivity contribution in [2.24, 2.45) is 0 Å². The summed E-state index contributed by atoms with van der Waals surface area (Å²) < 4.78 is 0. The molecule has 0 spiro atoms. The fourth-order valence-electron chi connectivity index (χ4n) is 3.17. The lowest BCUT2D eigenvalue weighted by molar-refractivity contribution is 0.0530. The molecular formula is C17H19N5O. The predicted octanol–water partition coefficient (Wildman–Crippen LogP) is 2.02. The van der Waals surface area contributed by atoms with E-state index in [1.54, 1.807) is 6.20 Å². The molecule has 0 radical (unpaired) electrons. The van der Waals surface area contributed by atoms with Crippen LogP contribution in [0.3, 0.4) is 0 Å². The summed E-state index contributed by atoms with van der Waals surface area (Å²) in [7, 11) is 2.07. The molecule has 0 unspecified atom stereocenters. The minimum atomic E-state index is 0.0471. The van der Waals surface area contributed by atoms with E-state index in [1.807, 2.05) is 41.4 Å². The van der Waals surface area contributed by atoms with Gasteiger partial charge >= 0.3 is 0 Å². The SMILES string of the molecule is CN1CCN(C(=O)c2cc3ccccc3[nH]2)C[C@@H]1c1ncc[nH]1. The molecule has 3 aromatic rings. The number of aromatic amines is 2. The standard InChI is InChI=1S/C17H19N5O/c1-21-8-9-22(11-15(21)16-18-6-7-19-16)17(23)14-10-12-4-2-3-5-13(12)20-14/h2-7,10,15,20H,8-9,11H2,1H3,(H,18,19)/t15-/m1/s1. The molecule has 0 bridgehead atoms. The van der Waals surface area contributed by atoms with Crippen LogP contribution in [0, 0.1) is 0 Å². The van der Waals surface area contributed by atoms with E-state index >= 15 is 0 Å². The molecule has 6 nitrogen and oxygen atoms in total. The number of nitrogens with zero attached hydrogens (tertiary/aromatic N) is 3. The molecule has 0 saturated carbocycles. The number of amides is 1. The molecule has 1 amide bonds. The smallest absolute Gasteiger partial charge is 0.270 e. The van der Waals surface area contributed by atoms with Crippen molar-refractivity contribution in [2.45, 2.75) is 6.04 Å². The number of imidazole rings is 1. The van der Waals surface area contributed by atoms with Crippen LogP contribution >= 0.6 is 0 Å². The fourth-order valence-corrected chi connectivity index (χ4v) is 3.17. The van der Waals surface area contributed by atoms with Crippen molar-refractivity contribution in [2.75, 3.05) is 26.7 Å². The van der Waals surface area contributed by atoms with Gasteiger partial charge in [-0.2, -0.15) is 0 Å². The molecule has 118 valence electrons. The molecule has 4 rings (SSSR count). The number of H-pyrrole nitrogens is 2. The first kappa shape index (κ1) is 14.0. The quantitative estimate of drug-likeness (QED) is 0.761. The summed E-state index contributed by atoms with van der Waals surface area (Å²) in [6.07, 6.45) is 3.57. The Hall–Kier alpha value is -2.60. The lowest BCUT2D eigenvalue weighted by atomic mass is 10.1. The number of piperazine rings is 1. The van der Waals surface area contributed by atoms with Crippen LogP contribution in [0.4, 0.5) is 0 Å². The molecule has 1 saturated heterocycles. The fraction of sp³-hybridized carbons (Fsp3) is 0.294. The predicted molar refractivity (Wildman–Crippen MR) is 88.2 cm³/mol. The third-order valence-corrected chi connectivity index (χ3v) is 4.53. The maximum absolute atomic E-state index is 12.8. The maximum Gasteiger partial charge on any atom is 0.270 e. The average molecular weight is 309 g/mol. The van der Waals surface area contributed by atoms with E-state index in [-0.39, 0.29) is 11.9 Å². The van der Waals surface area contributed by atoms with Gasteiger partial charge in [0.2, 0.25) is 0 Å². The first-order valence-electron chi connectivity index (χ1n) is 7.79. The van der Waals surface area contributed by atoms with Crippen LogP contribution in [0.1, 0.15) is 22.4 Å². The van der Waals surface area contributed by atoms with Crippen LogP contribution in [0.2, 0.25) is 0 Å². The van der Waals surface area contributed by atoms with Crippen molar-refractivity contribution in [1.29, 1.82) is 0 Å². The number of benzene rings is 1. The van der Waals surface area contributed by atoms with E-state index in [2.05, 4.69) is 26.9 Å². The lowest BCUT2D eigenvalue weighted by Gasteiger charge is -2.38. The summed E-state index contributed by atoms with van der Waals surface area (Å²) >= 11 is 0. The van der Waals surface area contributed by atoms with Crippen molar-refractivity contribution in [3.63, 3.8) is 0 Å². The van der Waals surface area contributed by atoms with Gasteiger partial charge in [0.1, 0.15) is 11.5 Å². The van der Waals surface area contributed by atoms with Gasteiger partial charge in [-0.15, -0.1) is 0 Å². The second-order valence-electron chi connectivity index (χ2n) is 5.99. The van der Waals surface area contributed by atoms with Gasteiger partial charge in [0.15, 0.2) is 0 Å². The van der Waals surface area contributed by atoms with Crippen molar-refractivity contribution < 1.29 is 4.79 Å². The number of rotatable bonds is 2.